The zero-order valence-electron chi connectivity index (χ0n) is 12.5. The van der Waals surface area contributed by atoms with Gasteiger partial charge < -0.3 is 14.6 Å². The van der Waals surface area contributed by atoms with Crippen LogP contribution < -0.4 is 9.47 Å². The van der Waals surface area contributed by atoms with Crippen LogP contribution in [0.3, 0.4) is 0 Å². The summed E-state index contributed by atoms with van der Waals surface area (Å²) in [7, 11) is 0. The molecule has 3 rings (SSSR count). The molecule has 23 heavy (non-hydrogen) atoms. The van der Waals surface area contributed by atoms with E-state index in [9.17, 15) is 9.90 Å². The summed E-state index contributed by atoms with van der Waals surface area (Å²) < 4.78 is 11.3. The molecule has 1 N–H and O–H groups in total. The van der Waals surface area contributed by atoms with Gasteiger partial charge in [-0.1, -0.05) is 46.3 Å². The van der Waals surface area contributed by atoms with Crippen molar-refractivity contribution in [3.63, 3.8) is 0 Å². The van der Waals surface area contributed by atoms with Gasteiger partial charge in [0.1, 0.15) is 6.10 Å². The largest absolute Gasteiger partial charge is 0.454 e. The molecule has 118 valence electrons. The van der Waals surface area contributed by atoms with Crippen molar-refractivity contribution < 1.29 is 19.4 Å². The van der Waals surface area contributed by atoms with E-state index in [0.717, 1.165) is 5.56 Å². The van der Waals surface area contributed by atoms with Crippen molar-refractivity contribution in [2.24, 2.45) is 0 Å². The topological polar surface area (TPSA) is 55.8 Å². The Balaban J connectivity index is 2.01. The Labute approximate surface area is 142 Å². The van der Waals surface area contributed by atoms with E-state index in [1.165, 1.54) is 6.92 Å². The lowest BCUT2D eigenvalue weighted by atomic mass is 9.96. The predicted molar refractivity (Wildman–Crippen MR) is 90.3 cm³/mol. The fourth-order valence-electron chi connectivity index (χ4n) is 2.41. The minimum absolute atomic E-state index is 0.154. The number of hydrogen-bond donors (Lipinski definition) is 1. The molecule has 2 aromatic carbocycles. The van der Waals surface area contributed by atoms with Crippen LogP contribution in [0.5, 0.6) is 11.5 Å². The van der Waals surface area contributed by atoms with Crippen LogP contribution in [0, 0.1) is 0 Å². The Morgan fingerprint density at radius 2 is 1.87 bits per heavy atom. The Kier molecular flexibility index (Phi) is 4.50. The van der Waals surface area contributed by atoms with Gasteiger partial charge in [-0.2, -0.15) is 0 Å². The van der Waals surface area contributed by atoms with Gasteiger partial charge in [-0.25, -0.2) is 0 Å². The minimum atomic E-state index is -1.06. The maximum absolute atomic E-state index is 12.0. The highest BCUT2D eigenvalue weighted by atomic mass is 79.9. The van der Waals surface area contributed by atoms with Crippen LogP contribution in [0.15, 0.2) is 52.5 Å². The van der Waals surface area contributed by atoms with Gasteiger partial charge in [-0.05, 0) is 30.7 Å². The van der Waals surface area contributed by atoms with Crippen LogP contribution in [-0.2, 0) is 4.79 Å². The van der Waals surface area contributed by atoms with Crippen LogP contribution in [0.2, 0.25) is 0 Å². The zero-order chi connectivity index (χ0) is 16.4. The molecule has 4 nitrogen and oxygen atoms in total. The highest BCUT2D eigenvalue weighted by Gasteiger charge is 2.24. The molecule has 0 unspecified atom stereocenters. The Morgan fingerprint density at radius 3 is 2.52 bits per heavy atom. The highest BCUT2D eigenvalue weighted by molar-refractivity contribution is 9.10. The fourth-order valence-corrected chi connectivity index (χ4v) is 2.95. The lowest BCUT2D eigenvalue weighted by Crippen LogP contribution is -2.09. The van der Waals surface area contributed by atoms with Gasteiger partial charge in [0, 0.05) is 15.6 Å². The van der Waals surface area contributed by atoms with E-state index in [2.05, 4.69) is 15.9 Å². The zero-order valence-corrected chi connectivity index (χ0v) is 14.0. The van der Waals surface area contributed by atoms with Crippen molar-refractivity contribution in [2.75, 3.05) is 6.79 Å². The molecule has 0 radical (unpaired) electrons. The number of benzene rings is 2. The van der Waals surface area contributed by atoms with E-state index in [0.29, 0.717) is 27.1 Å². The first-order valence-electron chi connectivity index (χ1n) is 7.11. The summed E-state index contributed by atoms with van der Waals surface area (Å²) in [5.74, 6) is 0.986. The van der Waals surface area contributed by atoms with Gasteiger partial charge in [-0.15, -0.1) is 0 Å². The van der Waals surface area contributed by atoms with E-state index in [1.54, 1.807) is 18.2 Å². The Morgan fingerprint density at radius 1 is 1.22 bits per heavy atom. The third kappa shape index (κ3) is 3.30. The monoisotopic (exact) mass is 374 g/mol. The predicted octanol–water partition coefficient (Wildman–Crippen LogP) is 3.88. The van der Waals surface area contributed by atoms with Gasteiger partial charge in [0.25, 0.3) is 0 Å². The molecule has 0 saturated heterocycles. The first-order valence-corrected chi connectivity index (χ1v) is 7.90. The summed E-state index contributed by atoms with van der Waals surface area (Å²) in [6.45, 7) is 1.60. The third-order valence-corrected chi connectivity index (χ3v) is 4.30. The first-order chi connectivity index (χ1) is 11.1. The lowest BCUT2D eigenvalue weighted by Gasteiger charge is -2.16. The number of ether oxygens (including phenoxy) is 2. The number of fused-ring (bicyclic) bond motifs is 1. The molecule has 0 spiro atoms. The van der Waals surface area contributed by atoms with Gasteiger partial charge in [0.2, 0.25) is 6.79 Å². The SMILES string of the molecule is CC(=O)/C(=C\c1ccccc1)[C@@H](O)c1cc2c(cc1Br)OCO2. The summed E-state index contributed by atoms with van der Waals surface area (Å²) in [5, 5.41) is 10.7. The number of aliphatic hydroxyl groups excluding tert-OH is 1. The molecule has 5 heteroatoms. The maximum Gasteiger partial charge on any atom is 0.231 e. The van der Waals surface area contributed by atoms with Gasteiger partial charge in [0.05, 0.1) is 0 Å². The molecule has 0 saturated carbocycles. The number of ketones is 1. The summed E-state index contributed by atoms with van der Waals surface area (Å²) in [6, 6.07) is 12.9. The molecule has 0 amide bonds. The fraction of sp³-hybridized carbons (Fsp3) is 0.167. The van der Waals surface area contributed by atoms with E-state index in [1.807, 2.05) is 30.3 Å². The molecular weight excluding hydrogens is 360 g/mol. The van der Waals surface area contributed by atoms with Crippen molar-refractivity contribution in [1.82, 2.24) is 0 Å². The van der Waals surface area contributed by atoms with E-state index < -0.39 is 6.10 Å². The standard InChI is InChI=1S/C18H15BrO4/c1-11(20)13(7-12-5-3-2-4-6-12)18(21)14-8-16-17(9-15(14)19)23-10-22-16/h2-9,18,21H,10H2,1H3/b13-7+/t18-/m1/s1. The maximum atomic E-state index is 12.0. The van der Waals surface area contributed by atoms with Crippen LogP contribution in [0.1, 0.15) is 24.2 Å². The van der Waals surface area contributed by atoms with Crippen LogP contribution in [0.25, 0.3) is 6.08 Å². The molecule has 0 bridgehead atoms. The Hall–Kier alpha value is -2.11. The van der Waals surface area contributed by atoms with Crippen LogP contribution >= 0.6 is 15.9 Å². The van der Waals surface area contributed by atoms with Gasteiger partial charge in [-0.3, -0.25) is 4.79 Å². The highest BCUT2D eigenvalue weighted by Crippen LogP contribution is 2.40. The molecule has 1 aliphatic heterocycles. The molecule has 1 aliphatic rings. The van der Waals surface area contributed by atoms with Crippen molar-refractivity contribution in [1.29, 1.82) is 0 Å². The second kappa shape index (κ2) is 6.56. The smallest absolute Gasteiger partial charge is 0.231 e. The molecule has 2 aromatic rings. The normalized spacial score (nSPS) is 14.7. The third-order valence-electron chi connectivity index (χ3n) is 3.61. The number of Topliss-reactive ketones (excluding diaryl/α,β-unsaturated/α-hetero) is 1. The molecule has 0 fully saturated rings. The van der Waals surface area contributed by atoms with Crippen molar-refractivity contribution in [3.05, 3.63) is 63.6 Å². The van der Waals surface area contributed by atoms with E-state index >= 15 is 0 Å². The first kappa shape index (κ1) is 15.8. The molecule has 0 aromatic heterocycles. The van der Waals surface area contributed by atoms with E-state index in [4.69, 9.17) is 9.47 Å². The molecule has 0 aliphatic carbocycles. The number of rotatable bonds is 4. The Bertz CT molecular complexity index is 768. The quantitative estimate of drug-likeness (QED) is 0.824. The lowest BCUT2D eigenvalue weighted by molar-refractivity contribution is -0.114. The van der Waals surface area contributed by atoms with Crippen molar-refractivity contribution in [2.45, 2.75) is 13.0 Å². The summed E-state index contributed by atoms with van der Waals surface area (Å²) in [4.78, 5) is 12.0. The second-order valence-corrected chi connectivity index (χ2v) is 6.05. The van der Waals surface area contributed by atoms with E-state index in [-0.39, 0.29) is 12.6 Å². The average Bonchev–Trinajstić information content (AvgIpc) is 2.99. The number of carbonyl (C=O) groups excluding carboxylic acids is 1. The molecule has 1 heterocycles. The molecular formula is C18H15BrO4. The second-order valence-electron chi connectivity index (χ2n) is 5.20. The summed E-state index contributed by atoms with van der Waals surface area (Å²) in [6.07, 6.45) is 0.640. The van der Waals surface area contributed by atoms with Crippen molar-refractivity contribution in [3.8, 4) is 11.5 Å². The number of hydrogen-bond acceptors (Lipinski definition) is 4. The van der Waals surface area contributed by atoms with Crippen LogP contribution in [0.4, 0.5) is 0 Å². The van der Waals surface area contributed by atoms with Gasteiger partial charge in [0.15, 0.2) is 17.3 Å². The minimum Gasteiger partial charge on any atom is -0.454 e. The summed E-state index contributed by atoms with van der Waals surface area (Å²) >= 11 is 3.42. The average molecular weight is 375 g/mol. The van der Waals surface area contributed by atoms with Gasteiger partial charge >= 0.3 is 0 Å². The molecule has 1 atom stereocenters. The number of aliphatic hydroxyl groups is 1. The van der Waals surface area contributed by atoms with Crippen LogP contribution in [-0.4, -0.2) is 17.7 Å². The summed E-state index contributed by atoms with van der Waals surface area (Å²) in [5.41, 5.74) is 1.73. The number of halogens is 1. The number of carbonyl (C=O) groups is 1. The van der Waals surface area contributed by atoms with Crippen molar-refractivity contribution >= 4 is 27.8 Å².